The van der Waals surface area contributed by atoms with Crippen LogP contribution in [-0.2, 0) is 6.54 Å². The molecule has 1 aliphatic rings. The molecule has 1 unspecified atom stereocenters. The van der Waals surface area contributed by atoms with E-state index in [1.807, 2.05) is 24.4 Å². The summed E-state index contributed by atoms with van der Waals surface area (Å²) in [4.78, 5) is 5.66. The Morgan fingerprint density at radius 2 is 2.04 bits per heavy atom. The fourth-order valence-corrected chi connectivity index (χ4v) is 3.27. The maximum Gasteiger partial charge on any atom is 0.119 e. The molecule has 4 nitrogen and oxygen atoms in total. The zero-order valence-electron chi connectivity index (χ0n) is 14.7. The Morgan fingerprint density at radius 3 is 2.79 bits per heavy atom. The van der Waals surface area contributed by atoms with Gasteiger partial charge in [0, 0.05) is 25.0 Å². The number of hydrogen-bond donors (Lipinski definition) is 2. The smallest absolute Gasteiger partial charge is 0.119 e. The van der Waals surface area contributed by atoms with Gasteiger partial charge in [0.2, 0.25) is 0 Å². The largest absolute Gasteiger partial charge is 0.491 e. The Morgan fingerprint density at radius 1 is 1.17 bits per heavy atom. The molecule has 24 heavy (non-hydrogen) atoms. The van der Waals surface area contributed by atoms with Crippen LogP contribution in [0, 0.1) is 13.8 Å². The van der Waals surface area contributed by atoms with Crippen molar-refractivity contribution in [3.05, 3.63) is 53.3 Å². The van der Waals surface area contributed by atoms with Crippen LogP contribution in [0.5, 0.6) is 5.75 Å². The first-order valence-corrected chi connectivity index (χ1v) is 8.81. The molecule has 1 aliphatic heterocycles. The van der Waals surface area contributed by atoms with Gasteiger partial charge in [-0.15, -0.1) is 0 Å². The molecular weight excluding hydrogens is 300 g/mol. The van der Waals surface area contributed by atoms with E-state index in [1.165, 1.54) is 16.8 Å². The average Bonchev–Trinajstić information content (AvgIpc) is 3.00. The topological polar surface area (TPSA) is 48.5 Å². The van der Waals surface area contributed by atoms with Crippen LogP contribution in [0.25, 0.3) is 0 Å². The van der Waals surface area contributed by atoms with Crippen LogP contribution < -0.4 is 4.74 Å². The summed E-state index contributed by atoms with van der Waals surface area (Å²) < 4.78 is 5.91. The first-order valence-electron chi connectivity index (χ1n) is 8.81. The Labute approximate surface area is 144 Å². The van der Waals surface area contributed by atoms with Crippen molar-refractivity contribution in [2.45, 2.75) is 45.3 Å². The molecule has 4 heteroatoms. The number of nitrogens with zero attached hydrogens (tertiary/aromatic N) is 1. The number of H-pyrrole nitrogens is 1. The molecule has 130 valence electrons. The van der Waals surface area contributed by atoms with Crippen LogP contribution >= 0.6 is 0 Å². The van der Waals surface area contributed by atoms with Gasteiger partial charge in [0.1, 0.15) is 12.4 Å². The predicted octanol–water partition coefficient (Wildman–Crippen LogP) is 3.43. The highest BCUT2D eigenvalue weighted by Crippen LogP contribution is 2.25. The molecule has 2 N–H and O–H groups in total. The molecule has 0 radical (unpaired) electrons. The van der Waals surface area contributed by atoms with Crippen molar-refractivity contribution in [2.24, 2.45) is 0 Å². The molecule has 0 spiro atoms. The molecule has 2 heterocycles. The summed E-state index contributed by atoms with van der Waals surface area (Å²) in [5.74, 6) is 0.846. The van der Waals surface area contributed by atoms with E-state index >= 15 is 0 Å². The van der Waals surface area contributed by atoms with E-state index in [0.717, 1.165) is 44.6 Å². The lowest BCUT2D eigenvalue weighted by molar-refractivity contribution is -0.0168. The second kappa shape index (κ2) is 7.41. The number of aromatic amines is 1. The Hall–Kier alpha value is -1.78. The summed E-state index contributed by atoms with van der Waals surface area (Å²) in [6, 6.07) is 10.2. The first-order chi connectivity index (χ1) is 11.5. The monoisotopic (exact) mass is 328 g/mol. The molecule has 0 aliphatic carbocycles. The van der Waals surface area contributed by atoms with Crippen molar-refractivity contribution in [1.82, 2.24) is 9.88 Å². The van der Waals surface area contributed by atoms with Gasteiger partial charge in [-0.05, 0) is 75.0 Å². The number of ether oxygens (including phenoxy) is 1. The fraction of sp³-hybridized carbons (Fsp3) is 0.500. The summed E-state index contributed by atoms with van der Waals surface area (Å²) in [5, 5.41) is 10.9. The van der Waals surface area contributed by atoms with Crippen molar-refractivity contribution in [1.29, 1.82) is 0 Å². The van der Waals surface area contributed by atoms with E-state index < -0.39 is 5.60 Å². The lowest BCUT2D eigenvalue weighted by Gasteiger charge is -2.27. The predicted molar refractivity (Wildman–Crippen MR) is 96.3 cm³/mol. The number of likely N-dealkylation sites (tertiary alicyclic amines) is 1. The average molecular weight is 328 g/mol. The van der Waals surface area contributed by atoms with Crippen molar-refractivity contribution >= 4 is 0 Å². The molecule has 0 saturated carbocycles. The summed E-state index contributed by atoms with van der Waals surface area (Å²) in [6.07, 6.45) is 4.49. The van der Waals surface area contributed by atoms with Gasteiger partial charge < -0.3 is 14.8 Å². The van der Waals surface area contributed by atoms with Crippen LogP contribution in [0.3, 0.4) is 0 Å². The van der Waals surface area contributed by atoms with Crippen molar-refractivity contribution in [3.63, 3.8) is 0 Å². The van der Waals surface area contributed by atoms with Crippen molar-refractivity contribution in [3.8, 4) is 5.75 Å². The third-order valence-corrected chi connectivity index (χ3v) is 5.05. The lowest BCUT2D eigenvalue weighted by Crippen LogP contribution is -2.37. The molecule has 2 aromatic rings. The Bertz CT molecular complexity index is 654. The molecule has 0 bridgehead atoms. The Kier molecular flexibility index (Phi) is 5.27. The standard InChI is InChI=1S/C20H28N2O2/c1-16-6-7-19(13-17(16)2)24-15-20(23)8-4-11-22(12-9-20)14-18-5-3-10-21-18/h3,5-7,10,13,21,23H,4,8-9,11-12,14-15H2,1-2H3. The number of aliphatic hydroxyl groups is 1. The highest BCUT2D eigenvalue weighted by molar-refractivity contribution is 5.33. The highest BCUT2D eigenvalue weighted by Gasteiger charge is 2.31. The number of aryl methyl sites for hydroxylation is 2. The Balaban J connectivity index is 1.54. The van der Waals surface area contributed by atoms with Gasteiger partial charge in [0.05, 0.1) is 5.60 Å². The summed E-state index contributed by atoms with van der Waals surface area (Å²) in [5.41, 5.74) is 2.98. The van der Waals surface area contributed by atoms with Crippen LogP contribution in [0.4, 0.5) is 0 Å². The molecule has 0 amide bonds. The molecular formula is C20H28N2O2. The minimum atomic E-state index is -0.733. The number of rotatable bonds is 5. The maximum absolute atomic E-state index is 10.9. The SMILES string of the molecule is Cc1ccc(OCC2(O)CCCN(Cc3ccc[nH]3)CC2)cc1C. The summed E-state index contributed by atoms with van der Waals surface area (Å²) >= 11 is 0. The highest BCUT2D eigenvalue weighted by atomic mass is 16.5. The quantitative estimate of drug-likeness (QED) is 0.884. The van der Waals surface area contributed by atoms with Gasteiger partial charge in [-0.3, -0.25) is 4.90 Å². The van der Waals surface area contributed by atoms with Crippen molar-refractivity contribution < 1.29 is 9.84 Å². The molecule has 3 rings (SSSR count). The third-order valence-electron chi connectivity index (χ3n) is 5.05. The fourth-order valence-electron chi connectivity index (χ4n) is 3.27. The zero-order chi connectivity index (χ0) is 17.0. The van der Waals surface area contributed by atoms with Crippen LogP contribution in [0.1, 0.15) is 36.1 Å². The first kappa shape index (κ1) is 17.1. The van der Waals surface area contributed by atoms with E-state index in [1.54, 1.807) is 0 Å². The van der Waals surface area contributed by atoms with Gasteiger partial charge >= 0.3 is 0 Å². The molecule has 1 aromatic carbocycles. The second-order valence-corrected chi connectivity index (χ2v) is 7.08. The van der Waals surface area contributed by atoms with Gasteiger partial charge in [-0.25, -0.2) is 0 Å². The normalized spacial score (nSPS) is 22.3. The maximum atomic E-state index is 10.9. The van der Waals surface area contributed by atoms with E-state index in [9.17, 15) is 5.11 Å². The van der Waals surface area contributed by atoms with Gasteiger partial charge in [-0.2, -0.15) is 0 Å². The lowest BCUT2D eigenvalue weighted by atomic mass is 9.96. The van der Waals surface area contributed by atoms with E-state index in [-0.39, 0.29) is 0 Å². The summed E-state index contributed by atoms with van der Waals surface area (Å²) in [7, 11) is 0. The number of aromatic nitrogens is 1. The minimum Gasteiger partial charge on any atom is -0.491 e. The zero-order valence-corrected chi connectivity index (χ0v) is 14.7. The van der Waals surface area contributed by atoms with E-state index in [2.05, 4.69) is 35.9 Å². The van der Waals surface area contributed by atoms with Crippen molar-refractivity contribution in [2.75, 3.05) is 19.7 Å². The minimum absolute atomic E-state index is 0.367. The van der Waals surface area contributed by atoms with E-state index in [0.29, 0.717) is 6.61 Å². The van der Waals surface area contributed by atoms with Gasteiger partial charge in [0.25, 0.3) is 0 Å². The van der Waals surface area contributed by atoms with E-state index in [4.69, 9.17) is 4.74 Å². The molecule has 1 fully saturated rings. The molecule has 1 aromatic heterocycles. The number of benzene rings is 1. The molecule has 1 saturated heterocycles. The van der Waals surface area contributed by atoms with Gasteiger partial charge in [0.15, 0.2) is 0 Å². The second-order valence-electron chi connectivity index (χ2n) is 7.08. The number of hydrogen-bond acceptors (Lipinski definition) is 3. The van der Waals surface area contributed by atoms with Crippen LogP contribution in [0.15, 0.2) is 36.5 Å². The third kappa shape index (κ3) is 4.40. The molecule has 1 atom stereocenters. The van der Waals surface area contributed by atoms with Crippen LogP contribution in [-0.4, -0.2) is 40.3 Å². The number of nitrogens with one attached hydrogen (secondary N) is 1. The summed E-state index contributed by atoms with van der Waals surface area (Å²) in [6.45, 7) is 7.38. The van der Waals surface area contributed by atoms with Crippen LogP contribution in [0.2, 0.25) is 0 Å². The van der Waals surface area contributed by atoms with Gasteiger partial charge in [-0.1, -0.05) is 6.07 Å².